The molecule has 2 aliphatic heterocycles. The summed E-state index contributed by atoms with van der Waals surface area (Å²) in [5, 5.41) is 3.13. The van der Waals surface area contributed by atoms with Crippen molar-refractivity contribution in [2.45, 2.75) is 25.3 Å². The molecule has 4 nitrogen and oxygen atoms in total. The van der Waals surface area contributed by atoms with Crippen LogP contribution in [0, 0.1) is 5.82 Å². The fourth-order valence-electron chi connectivity index (χ4n) is 4.69. The second kappa shape index (κ2) is 7.48. The topological polar surface area (TPSA) is 44.0 Å². The number of hydrogen-bond donors (Lipinski definition) is 2. The van der Waals surface area contributed by atoms with E-state index < -0.39 is 0 Å². The molecular weight excluding hydrogens is 363 g/mol. The molecule has 0 radical (unpaired) electrons. The Morgan fingerprint density at radius 3 is 2.86 bits per heavy atom. The molecule has 1 fully saturated rings. The lowest BCUT2D eigenvalue weighted by molar-refractivity contribution is 0.275. The molecule has 1 atom stereocenters. The molecule has 1 unspecified atom stereocenters. The van der Waals surface area contributed by atoms with Crippen molar-refractivity contribution < 1.29 is 4.39 Å². The molecule has 0 bridgehead atoms. The van der Waals surface area contributed by atoms with Gasteiger partial charge in [0.15, 0.2) is 0 Å². The SMILES string of the molecule is CNc1cc(-c2c(C3=CCN4CCCC4C3)c[nH]c2-c2ccc(F)cc2)ccn1. The Labute approximate surface area is 170 Å². The first-order chi connectivity index (χ1) is 14.2. The number of anilines is 1. The summed E-state index contributed by atoms with van der Waals surface area (Å²) in [7, 11) is 1.88. The van der Waals surface area contributed by atoms with Crippen LogP contribution in [0.3, 0.4) is 0 Å². The zero-order chi connectivity index (χ0) is 19.8. The maximum atomic E-state index is 13.5. The van der Waals surface area contributed by atoms with E-state index in [1.165, 1.54) is 42.7 Å². The predicted octanol–water partition coefficient (Wildman–Crippen LogP) is 5.18. The molecule has 0 amide bonds. The number of pyridine rings is 1. The first-order valence-corrected chi connectivity index (χ1v) is 10.3. The molecular formula is C24H25FN4. The van der Waals surface area contributed by atoms with Crippen molar-refractivity contribution in [3.05, 3.63) is 66.2 Å². The van der Waals surface area contributed by atoms with Gasteiger partial charge < -0.3 is 10.3 Å². The van der Waals surface area contributed by atoms with Crippen molar-refractivity contribution in [3.8, 4) is 22.4 Å². The molecule has 29 heavy (non-hydrogen) atoms. The summed E-state index contributed by atoms with van der Waals surface area (Å²) in [5.41, 5.74) is 6.90. The Bertz CT molecular complexity index is 1050. The van der Waals surface area contributed by atoms with E-state index in [2.05, 4.69) is 38.5 Å². The molecule has 148 valence electrons. The van der Waals surface area contributed by atoms with E-state index in [4.69, 9.17) is 0 Å². The Hall–Kier alpha value is -2.92. The van der Waals surface area contributed by atoms with Crippen LogP contribution in [-0.2, 0) is 0 Å². The molecule has 5 heteroatoms. The van der Waals surface area contributed by atoms with E-state index in [-0.39, 0.29) is 5.82 Å². The van der Waals surface area contributed by atoms with Crippen LogP contribution in [0.4, 0.5) is 10.2 Å². The van der Waals surface area contributed by atoms with Crippen LogP contribution in [0.1, 0.15) is 24.8 Å². The van der Waals surface area contributed by atoms with Gasteiger partial charge in [-0.05, 0) is 78.9 Å². The van der Waals surface area contributed by atoms with Crippen LogP contribution in [0.2, 0.25) is 0 Å². The van der Waals surface area contributed by atoms with Crippen LogP contribution in [0.5, 0.6) is 0 Å². The third-order valence-electron chi connectivity index (χ3n) is 6.19. The number of fused-ring (bicyclic) bond motifs is 1. The molecule has 3 aromatic rings. The average molecular weight is 388 g/mol. The Balaban J connectivity index is 1.64. The van der Waals surface area contributed by atoms with E-state index in [1.54, 1.807) is 0 Å². The summed E-state index contributed by atoms with van der Waals surface area (Å²) in [6.07, 6.45) is 9.98. The molecule has 5 rings (SSSR count). The molecule has 2 N–H and O–H groups in total. The Morgan fingerprint density at radius 2 is 2.03 bits per heavy atom. The maximum absolute atomic E-state index is 13.5. The summed E-state index contributed by atoms with van der Waals surface area (Å²) < 4.78 is 13.5. The molecule has 2 aliphatic rings. The fraction of sp³-hybridized carbons (Fsp3) is 0.292. The summed E-state index contributed by atoms with van der Waals surface area (Å²) in [6.45, 7) is 2.24. The Kier molecular flexibility index (Phi) is 4.68. The number of H-pyrrole nitrogens is 1. The van der Waals surface area contributed by atoms with Gasteiger partial charge in [0, 0.05) is 43.2 Å². The molecule has 4 heterocycles. The van der Waals surface area contributed by atoms with Crippen molar-refractivity contribution in [3.63, 3.8) is 0 Å². The number of aromatic nitrogens is 2. The lowest BCUT2D eigenvalue weighted by Gasteiger charge is -2.29. The van der Waals surface area contributed by atoms with Gasteiger partial charge in [-0.2, -0.15) is 0 Å². The molecule has 1 saturated heterocycles. The number of hydrogen-bond acceptors (Lipinski definition) is 3. The monoisotopic (exact) mass is 388 g/mol. The number of nitrogens with one attached hydrogen (secondary N) is 2. The van der Waals surface area contributed by atoms with Crippen LogP contribution < -0.4 is 5.32 Å². The van der Waals surface area contributed by atoms with Gasteiger partial charge in [0.25, 0.3) is 0 Å². The van der Waals surface area contributed by atoms with Crippen LogP contribution in [0.25, 0.3) is 28.0 Å². The minimum absolute atomic E-state index is 0.222. The van der Waals surface area contributed by atoms with Crippen LogP contribution in [-0.4, -0.2) is 41.0 Å². The Morgan fingerprint density at radius 1 is 1.17 bits per heavy atom. The lowest BCUT2D eigenvalue weighted by atomic mass is 9.89. The van der Waals surface area contributed by atoms with Gasteiger partial charge >= 0.3 is 0 Å². The number of nitrogens with zero attached hydrogens (tertiary/aromatic N) is 2. The standard InChI is InChI=1S/C24H25FN4/c1-26-22-14-18(8-10-27-22)23-21(17-9-12-29-11-2-3-20(29)13-17)15-28-24(23)16-4-6-19(25)7-5-16/h4-10,14-15,20,28H,2-3,11-13H2,1H3,(H,26,27). The van der Waals surface area contributed by atoms with E-state index in [1.807, 2.05) is 31.4 Å². The van der Waals surface area contributed by atoms with Gasteiger partial charge in [0.1, 0.15) is 11.6 Å². The first kappa shape index (κ1) is 18.1. The van der Waals surface area contributed by atoms with Crippen molar-refractivity contribution in [2.24, 2.45) is 0 Å². The van der Waals surface area contributed by atoms with Gasteiger partial charge in [-0.25, -0.2) is 9.37 Å². The van der Waals surface area contributed by atoms with Crippen molar-refractivity contribution in [1.82, 2.24) is 14.9 Å². The maximum Gasteiger partial charge on any atom is 0.126 e. The highest BCUT2D eigenvalue weighted by Gasteiger charge is 2.29. The van der Waals surface area contributed by atoms with Gasteiger partial charge in [-0.3, -0.25) is 4.90 Å². The molecule has 2 aromatic heterocycles. The summed E-state index contributed by atoms with van der Waals surface area (Å²) in [5.74, 6) is 0.610. The number of halogens is 1. The van der Waals surface area contributed by atoms with Crippen LogP contribution >= 0.6 is 0 Å². The number of rotatable bonds is 4. The molecule has 0 aliphatic carbocycles. The smallest absolute Gasteiger partial charge is 0.126 e. The van der Waals surface area contributed by atoms with Gasteiger partial charge in [0.05, 0.1) is 5.69 Å². The second-order valence-electron chi connectivity index (χ2n) is 7.86. The van der Waals surface area contributed by atoms with Crippen molar-refractivity contribution >= 4 is 11.4 Å². The van der Waals surface area contributed by atoms with Crippen molar-refractivity contribution in [2.75, 3.05) is 25.5 Å². The molecule has 1 aromatic carbocycles. The number of aromatic amines is 1. The zero-order valence-corrected chi connectivity index (χ0v) is 16.6. The van der Waals surface area contributed by atoms with Crippen molar-refractivity contribution in [1.29, 1.82) is 0 Å². The highest BCUT2D eigenvalue weighted by Crippen LogP contribution is 2.41. The predicted molar refractivity (Wildman–Crippen MR) is 116 cm³/mol. The average Bonchev–Trinajstić information content (AvgIpc) is 3.41. The summed E-state index contributed by atoms with van der Waals surface area (Å²) in [4.78, 5) is 10.4. The number of benzene rings is 1. The molecule has 0 spiro atoms. The van der Waals surface area contributed by atoms with E-state index in [0.29, 0.717) is 6.04 Å². The van der Waals surface area contributed by atoms with E-state index in [9.17, 15) is 4.39 Å². The lowest BCUT2D eigenvalue weighted by Crippen LogP contribution is -2.32. The highest BCUT2D eigenvalue weighted by atomic mass is 19.1. The van der Waals surface area contributed by atoms with Gasteiger partial charge in [-0.1, -0.05) is 6.08 Å². The minimum atomic E-state index is -0.222. The fourth-order valence-corrected chi connectivity index (χ4v) is 4.69. The second-order valence-corrected chi connectivity index (χ2v) is 7.86. The molecule has 0 saturated carbocycles. The largest absolute Gasteiger partial charge is 0.373 e. The van der Waals surface area contributed by atoms with Gasteiger partial charge in [0.2, 0.25) is 0 Å². The van der Waals surface area contributed by atoms with Crippen LogP contribution in [0.15, 0.2) is 54.9 Å². The first-order valence-electron chi connectivity index (χ1n) is 10.3. The third kappa shape index (κ3) is 3.36. The summed E-state index contributed by atoms with van der Waals surface area (Å²) >= 11 is 0. The third-order valence-corrected chi connectivity index (χ3v) is 6.19. The normalized spacial score (nSPS) is 19.1. The van der Waals surface area contributed by atoms with E-state index in [0.717, 1.165) is 41.2 Å². The van der Waals surface area contributed by atoms with E-state index >= 15 is 0 Å². The zero-order valence-electron chi connectivity index (χ0n) is 16.6. The summed E-state index contributed by atoms with van der Waals surface area (Å²) in [6, 6.07) is 11.5. The van der Waals surface area contributed by atoms with Gasteiger partial charge in [-0.15, -0.1) is 0 Å². The quantitative estimate of drug-likeness (QED) is 0.648. The highest BCUT2D eigenvalue weighted by molar-refractivity contribution is 5.92. The minimum Gasteiger partial charge on any atom is -0.373 e.